The second-order valence-electron chi connectivity index (χ2n) is 6.87. The van der Waals surface area contributed by atoms with Crippen molar-refractivity contribution in [2.75, 3.05) is 20.8 Å². The average Bonchev–Trinajstić information content (AvgIpc) is 3.35. The molecule has 1 aromatic heterocycles. The summed E-state index contributed by atoms with van der Waals surface area (Å²) in [4.78, 5) is 2.43. The third-order valence-corrected chi connectivity index (χ3v) is 5.67. The molecule has 2 aromatic carbocycles. The van der Waals surface area contributed by atoms with E-state index in [4.69, 9.17) is 21.7 Å². The second kappa shape index (κ2) is 8.16. The molecule has 1 fully saturated rings. The van der Waals surface area contributed by atoms with E-state index in [0.29, 0.717) is 17.5 Å². The van der Waals surface area contributed by atoms with Crippen molar-refractivity contribution in [3.8, 4) is 17.2 Å². The normalized spacial score (nSPS) is 17.0. The maximum atomic E-state index is 5.68. The SMILES string of the molecule is COc1ccc(C2CCCN2Cn2ncn(-c3ccc(OC)cc3)c2=S)cc1. The van der Waals surface area contributed by atoms with Crippen molar-refractivity contribution in [3.05, 3.63) is 65.2 Å². The Morgan fingerprint density at radius 1 is 1.00 bits per heavy atom. The Bertz CT molecular complexity index is 979. The van der Waals surface area contributed by atoms with Crippen molar-refractivity contribution in [1.82, 2.24) is 19.2 Å². The van der Waals surface area contributed by atoms with Crippen molar-refractivity contribution in [2.24, 2.45) is 0 Å². The third kappa shape index (κ3) is 3.68. The van der Waals surface area contributed by atoms with Crippen LogP contribution in [0.5, 0.6) is 11.5 Å². The summed E-state index contributed by atoms with van der Waals surface area (Å²) in [6.45, 7) is 1.71. The van der Waals surface area contributed by atoms with Crippen LogP contribution >= 0.6 is 12.2 Å². The summed E-state index contributed by atoms with van der Waals surface area (Å²) >= 11 is 5.68. The molecule has 3 aromatic rings. The van der Waals surface area contributed by atoms with Gasteiger partial charge >= 0.3 is 0 Å². The lowest BCUT2D eigenvalue weighted by Crippen LogP contribution is -2.27. The molecular weight excluding hydrogens is 372 g/mol. The van der Waals surface area contributed by atoms with Crippen LogP contribution in [-0.2, 0) is 6.67 Å². The second-order valence-corrected chi connectivity index (χ2v) is 7.23. The van der Waals surface area contributed by atoms with E-state index >= 15 is 0 Å². The van der Waals surface area contributed by atoms with Gasteiger partial charge in [0.25, 0.3) is 0 Å². The molecule has 4 rings (SSSR count). The van der Waals surface area contributed by atoms with Crippen molar-refractivity contribution >= 4 is 12.2 Å². The minimum absolute atomic E-state index is 0.374. The first kappa shape index (κ1) is 18.7. The highest BCUT2D eigenvalue weighted by Gasteiger charge is 2.26. The van der Waals surface area contributed by atoms with Gasteiger partial charge < -0.3 is 9.47 Å². The Labute approximate surface area is 169 Å². The molecule has 0 bridgehead atoms. The van der Waals surface area contributed by atoms with E-state index in [1.54, 1.807) is 20.5 Å². The van der Waals surface area contributed by atoms with Gasteiger partial charge in [-0.25, -0.2) is 4.68 Å². The maximum absolute atomic E-state index is 5.68. The maximum Gasteiger partial charge on any atom is 0.203 e. The molecule has 0 saturated carbocycles. The fourth-order valence-corrected chi connectivity index (χ4v) is 3.98. The van der Waals surface area contributed by atoms with Crippen molar-refractivity contribution < 1.29 is 9.47 Å². The molecule has 1 atom stereocenters. The van der Waals surface area contributed by atoms with E-state index in [0.717, 1.165) is 30.2 Å². The standard InChI is InChI=1S/C21H24N4O2S/c1-26-18-9-5-16(6-10-18)20-4-3-13-23(20)15-25-21(28)24(14-22-25)17-7-11-19(27-2)12-8-17/h5-12,14,20H,3-4,13,15H2,1-2H3. The smallest absolute Gasteiger partial charge is 0.203 e. The molecule has 1 unspecified atom stereocenters. The molecule has 1 saturated heterocycles. The van der Waals surface area contributed by atoms with Crippen LogP contribution in [0.3, 0.4) is 0 Å². The van der Waals surface area contributed by atoms with Crippen molar-refractivity contribution in [1.29, 1.82) is 0 Å². The highest BCUT2D eigenvalue weighted by Crippen LogP contribution is 2.33. The zero-order valence-corrected chi connectivity index (χ0v) is 16.9. The Kier molecular flexibility index (Phi) is 5.45. The number of ether oxygens (including phenoxy) is 2. The van der Waals surface area contributed by atoms with Gasteiger partial charge in [-0.05, 0) is 67.0 Å². The lowest BCUT2D eigenvalue weighted by molar-refractivity contribution is 0.190. The largest absolute Gasteiger partial charge is 0.497 e. The van der Waals surface area contributed by atoms with Crippen LogP contribution in [0, 0.1) is 4.77 Å². The highest BCUT2D eigenvalue weighted by atomic mass is 32.1. The summed E-state index contributed by atoms with van der Waals surface area (Å²) in [6.07, 6.45) is 4.09. The van der Waals surface area contributed by atoms with Crippen molar-refractivity contribution in [3.63, 3.8) is 0 Å². The number of hydrogen-bond acceptors (Lipinski definition) is 5. The van der Waals surface area contributed by atoms with E-state index in [2.05, 4.69) is 22.1 Å². The predicted molar refractivity (Wildman–Crippen MR) is 111 cm³/mol. The predicted octanol–water partition coefficient (Wildman–Crippen LogP) is 4.22. The minimum atomic E-state index is 0.374. The van der Waals surface area contributed by atoms with Crippen LogP contribution in [0.2, 0.25) is 0 Å². The first-order valence-electron chi connectivity index (χ1n) is 9.36. The highest BCUT2D eigenvalue weighted by molar-refractivity contribution is 7.71. The van der Waals surface area contributed by atoms with E-state index in [1.165, 1.54) is 12.0 Å². The summed E-state index contributed by atoms with van der Waals surface area (Å²) in [7, 11) is 3.35. The van der Waals surface area contributed by atoms with Gasteiger partial charge in [-0.1, -0.05) is 12.1 Å². The van der Waals surface area contributed by atoms with Gasteiger partial charge in [0, 0.05) is 18.3 Å². The Morgan fingerprint density at radius 3 is 2.29 bits per heavy atom. The molecule has 28 heavy (non-hydrogen) atoms. The van der Waals surface area contributed by atoms with Crippen molar-refractivity contribution in [2.45, 2.75) is 25.6 Å². The van der Waals surface area contributed by atoms with E-state index in [-0.39, 0.29) is 0 Å². The number of aromatic nitrogens is 3. The molecule has 0 radical (unpaired) electrons. The fraction of sp³-hybridized carbons (Fsp3) is 0.333. The van der Waals surface area contributed by atoms with Crippen LogP contribution in [0.15, 0.2) is 54.9 Å². The molecule has 1 aliphatic heterocycles. The first-order valence-corrected chi connectivity index (χ1v) is 9.77. The summed E-state index contributed by atoms with van der Waals surface area (Å²) < 4.78 is 15.0. The molecule has 6 nitrogen and oxygen atoms in total. The van der Waals surface area contributed by atoms with Crippen LogP contribution in [0.1, 0.15) is 24.4 Å². The fourth-order valence-electron chi connectivity index (χ4n) is 3.73. The lowest BCUT2D eigenvalue weighted by Gasteiger charge is -2.24. The van der Waals surface area contributed by atoms with Gasteiger partial charge in [0.15, 0.2) is 0 Å². The number of benzene rings is 2. The van der Waals surface area contributed by atoms with E-state index in [9.17, 15) is 0 Å². The number of rotatable bonds is 6. The summed E-state index contributed by atoms with van der Waals surface area (Å²) in [5.74, 6) is 1.70. The van der Waals surface area contributed by atoms with E-state index in [1.807, 2.05) is 45.6 Å². The van der Waals surface area contributed by atoms with Gasteiger partial charge in [-0.3, -0.25) is 9.47 Å². The number of nitrogens with zero attached hydrogens (tertiary/aromatic N) is 4. The molecule has 0 amide bonds. The lowest BCUT2D eigenvalue weighted by atomic mass is 10.0. The zero-order chi connectivity index (χ0) is 19.5. The van der Waals surface area contributed by atoms with Gasteiger partial charge in [-0.2, -0.15) is 5.10 Å². The summed E-state index contributed by atoms with van der Waals surface area (Å²) in [5, 5.41) is 4.54. The van der Waals surface area contributed by atoms with Gasteiger partial charge in [0.2, 0.25) is 4.77 Å². The zero-order valence-electron chi connectivity index (χ0n) is 16.1. The monoisotopic (exact) mass is 396 g/mol. The first-order chi connectivity index (χ1) is 13.7. The molecule has 0 N–H and O–H groups in total. The minimum Gasteiger partial charge on any atom is -0.497 e. The summed E-state index contributed by atoms with van der Waals surface area (Å²) in [5.41, 5.74) is 2.28. The topological polar surface area (TPSA) is 44.5 Å². The number of likely N-dealkylation sites (tertiary alicyclic amines) is 1. The van der Waals surface area contributed by atoms with Gasteiger partial charge in [0.05, 0.1) is 20.9 Å². The Balaban J connectivity index is 1.53. The van der Waals surface area contributed by atoms with Gasteiger partial charge in [0.1, 0.15) is 17.8 Å². The number of methoxy groups -OCH3 is 2. The molecule has 0 aliphatic carbocycles. The molecule has 1 aliphatic rings. The third-order valence-electron chi connectivity index (χ3n) is 5.26. The molecule has 7 heteroatoms. The molecule has 2 heterocycles. The van der Waals surface area contributed by atoms with Crippen LogP contribution in [0.4, 0.5) is 0 Å². The molecular formula is C21H24N4O2S. The average molecular weight is 397 g/mol. The van der Waals surface area contributed by atoms with Crippen LogP contribution in [0.25, 0.3) is 5.69 Å². The molecule has 0 spiro atoms. The molecule has 146 valence electrons. The van der Waals surface area contributed by atoms with Crippen LogP contribution in [-0.4, -0.2) is 40.0 Å². The van der Waals surface area contributed by atoms with Gasteiger partial charge in [-0.15, -0.1) is 0 Å². The number of hydrogen-bond donors (Lipinski definition) is 0. The van der Waals surface area contributed by atoms with Crippen LogP contribution < -0.4 is 9.47 Å². The van der Waals surface area contributed by atoms with E-state index < -0.39 is 0 Å². The summed E-state index contributed by atoms with van der Waals surface area (Å²) in [6, 6.07) is 16.5. The Hall–Kier alpha value is -2.64. The Morgan fingerprint density at radius 2 is 1.64 bits per heavy atom. The quantitative estimate of drug-likeness (QED) is 0.584.